The summed E-state index contributed by atoms with van der Waals surface area (Å²) < 4.78 is 0. The van der Waals surface area contributed by atoms with Crippen LogP contribution in [0.4, 0.5) is 11.4 Å². The Morgan fingerprint density at radius 3 is 2.42 bits per heavy atom. The first kappa shape index (κ1) is 19.8. The van der Waals surface area contributed by atoms with Crippen LogP contribution in [0.15, 0.2) is 53.4 Å². The fourth-order valence-corrected chi connectivity index (χ4v) is 2.73. The molecule has 2 amide bonds. The lowest BCUT2D eigenvalue weighted by Crippen LogP contribution is -2.37. The molecule has 0 aliphatic heterocycles. The van der Waals surface area contributed by atoms with Gasteiger partial charge in [0.15, 0.2) is 0 Å². The number of anilines is 2. The van der Waals surface area contributed by atoms with E-state index in [0.29, 0.717) is 11.3 Å². The maximum atomic E-state index is 12.0. The zero-order chi connectivity index (χ0) is 19.1. The number of aliphatic hydroxyl groups is 1. The van der Waals surface area contributed by atoms with Gasteiger partial charge in [0, 0.05) is 36.9 Å². The molecule has 6 nitrogen and oxygen atoms in total. The third-order valence-corrected chi connectivity index (χ3v) is 4.51. The summed E-state index contributed by atoms with van der Waals surface area (Å²) in [5.74, 6) is -1.55. The highest BCUT2D eigenvalue weighted by molar-refractivity contribution is 7.98. The van der Waals surface area contributed by atoms with Gasteiger partial charge in [0.2, 0.25) is 0 Å². The van der Waals surface area contributed by atoms with Gasteiger partial charge in [0.05, 0.1) is 6.10 Å². The SMILES string of the molecule is CSc1cccc(NC(=O)C(=O)NCC(O)c2ccc(N(C)C)cc2)c1. The minimum Gasteiger partial charge on any atom is -0.387 e. The van der Waals surface area contributed by atoms with Crippen LogP contribution in [-0.2, 0) is 9.59 Å². The van der Waals surface area contributed by atoms with Gasteiger partial charge in [-0.05, 0) is 42.2 Å². The average Bonchev–Trinajstić information content (AvgIpc) is 2.65. The van der Waals surface area contributed by atoms with E-state index in [4.69, 9.17) is 0 Å². The van der Waals surface area contributed by atoms with Gasteiger partial charge >= 0.3 is 11.8 Å². The lowest BCUT2D eigenvalue weighted by molar-refractivity contribution is -0.136. The lowest BCUT2D eigenvalue weighted by atomic mass is 10.1. The maximum Gasteiger partial charge on any atom is 0.313 e. The van der Waals surface area contributed by atoms with Gasteiger partial charge in [-0.2, -0.15) is 0 Å². The molecule has 2 rings (SSSR count). The van der Waals surface area contributed by atoms with Crippen molar-refractivity contribution in [2.75, 3.05) is 37.1 Å². The van der Waals surface area contributed by atoms with Crippen LogP contribution in [0.2, 0.25) is 0 Å². The maximum absolute atomic E-state index is 12.0. The fraction of sp³-hybridized carbons (Fsp3) is 0.263. The molecule has 0 saturated carbocycles. The Balaban J connectivity index is 1.87. The Bertz CT molecular complexity index is 763. The summed E-state index contributed by atoms with van der Waals surface area (Å²) in [6.45, 7) is -0.0432. The number of nitrogens with one attached hydrogen (secondary N) is 2. The number of hydrogen-bond acceptors (Lipinski definition) is 5. The predicted molar refractivity (Wildman–Crippen MR) is 106 cm³/mol. The molecule has 26 heavy (non-hydrogen) atoms. The number of thioether (sulfide) groups is 1. The molecule has 1 unspecified atom stereocenters. The predicted octanol–water partition coefficient (Wildman–Crippen LogP) is 2.26. The largest absolute Gasteiger partial charge is 0.387 e. The Morgan fingerprint density at radius 1 is 1.12 bits per heavy atom. The van der Waals surface area contributed by atoms with Gasteiger partial charge in [0.25, 0.3) is 0 Å². The average molecular weight is 373 g/mol. The number of rotatable bonds is 6. The third kappa shape index (κ3) is 5.50. The van der Waals surface area contributed by atoms with Crippen molar-refractivity contribution in [2.24, 2.45) is 0 Å². The molecular weight excluding hydrogens is 350 g/mol. The molecule has 0 spiro atoms. The van der Waals surface area contributed by atoms with Gasteiger partial charge in [-0.3, -0.25) is 9.59 Å². The molecule has 0 fully saturated rings. The third-order valence-electron chi connectivity index (χ3n) is 3.78. The van der Waals surface area contributed by atoms with E-state index in [1.165, 1.54) is 0 Å². The highest BCUT2D eigenvalue weighted by atomic mass is 32.2. The van der Waals surface area contributed by atoms with Gasteiger partial charge < -0.3 is 20.6 Å². The number of hydrogen-bond donors (Lipinski definition) is 3. The van der Waals surface area contributed by atoms with Crippen LogP contribution >= 0.6 is 11.8 Å². The van der Waals surface area contributed by atoms with E-state index in [1.807, 2.05) is 43.5 Å². The second-order valence-corrected chi connectivity index (χ2v) is 6.78. The normalized spacial score (nSPS) is 11.5. The van der Waals surface area contributed by atoms with Crippen LogP contribution in [0.25, 0.3) is 0 Å². The van der Waals surface area contributed by atoms with Crippen molar-refractivity contribution < 1.29 is 14.7 Å². The Morgan fingerprint density at radius 2 is 1.81 bits per heavy atom. The summed E-state index contributed by atoms with van der Waals surface area (Å²) in [6, 6.07) is 14.6. The number of carbonyl (C=O) groups is 2. The van der Waals surface area contributed by atoms with Crippen LogP contribution in [-0.4, -0.2) is 43.8 Å². The van der Waals surface area contributed by atoms with Crippen molar-refractivity contribution in [2.45, 2.75) is 11.0 Å². The summed E-state index contributed by atoms with van der Waals surface area (Å²) in [6.07, 6.45) is 1.04. The second kappa shape index (κ2) is 9.26. The van der Waals surface area contributed by atoms with Crippen LogP contribution in [0.3, 0.4) is 0 Å². The molecule has 2 aromatic carbocycles. The van der Waals surface area contributed by atoms with Crippen molar-refractivity contribution in [3.8, 4) is 0 Å². The molecule has 1 atom stereocenters. The molecule has 0 bridgehead atoms. The van der Waals surface area contributed by atoms with Gasteiger partial charge in [-0.25, -0.2) is 0 Å². The number of amides is 2. The monoisotopic (exact) mass is 373 g/mol. The molecule has 0 saturated heterocycles. The number of carbonyl (C=O) groups excluding carboxylic acids is 2. The highest BCUT2D eigenvalue weighted by Gasteiger charge is 2.16. The second-order valence-electron chi connectivity index (χ2n) is 5.90. The minimum absolute atomic E-state index is 0.0432. The van der Waals surface area contributed by atoms with E-state index in [-0.39, 0.29) is 6.54 Å². The molecule has 0 radical (unpaired) electrons. The summed E-state index contributed by atoms with van der Waals surface area (Å²) in [7, 11) is 3.86. The van der Waals surface area contributed by atoms with Crippen molar-refractivity contribution in [1.82, 2.24) is 5.32 Å². The standard InChI is InChI=1S/C19H23N3O3S/c1-22(2)15-9-7-13(8-10-15)17(23)12-20-18(24)19(25)21-14-5-4-6-16(11-14)26-3/h4-11,17,23H,12H2,1-3H3,(H,20,24)(H,21,25). The van der Waals surface area contributed by atoms with E-state index in [1.54, 1.807) is 42.1 Å². The Kier molecular flexibility index (Phi) is 7.06. The fourth-order valence-electron chi connectivity index (χ4n) is 2.27. The summed E-state index contributed by atoms with van der Waals surface area (Å²) in [5.41, 5.74) is 2.23. The topological polar surface area (TPSA) is 81.7 Å². The minimum atomic E-state index is -0.886. The van der Waals surface area contributed by atoms with E-state index in [2.05, 4.69) is 10.6 Å². The van der Waals surface area contributed by atoms with Gasteiger partial charge in [0.1, 0.15) is 0 Å². The molecular formula is C19H23N3O3S. The van der Waals surface area contributed by atoms with E-state index in [0.717, 1.165) is 10.6 Å². The summed E-state index contributed by atoms with van der Waals surface area (Å²) in [5, 5.41) is 15.2. The van der Waals surface area contributed by atoms with Crippen molar-refractivity contribution >= 4 is 35.0 Å². The van der Waals surface area contributed by atoms with Crippen LogP contribution < -0.4 is 15.5 Å². The molecule has 138 valence electrons. The first-order valence-electron chi connectivity index (χ1n) is 8.09. The van der Waals surface area contributed by atoms with Crippen molar-refractivity contribution in [3.63, 3.8) is 0 Å². The molecule has 0 aromatic heterocycles. The zero-order valence-corrected chi connectivity index (χ0v) is 15.8. The van der Waals surface area contributed by atoms with E-state index in [9.17, 15) is 14.7 Å². The lowest BCUT2D eigenvalue weighted by Gasteiger charge is -2.15. The van der Waals surface area contributed by atoms with Crippen LogP contribution in [0, 0.1) is 0 Å². The van der Waals surface area contributed by atoms with Crippen molar-refractivity contribution in [1.29, 1.82) is 0 Å². The first-order chi connectivity index (χ1) is 12.4. The quantitative estimate of drug-likeness (QED) is 0.535. The van der Waals surface area contributed by atoms with Crippen LogP contribution in [0.5, 0.6) is 0 Å². The number of aliphatic hydroxyl groups excluding tert-OH is 1. The summed E-state index contributed by atoms with van der Waals surface area (Å²) >= 11 is 1.54. The molecule has 7 heteroatoms. The molecule has 0 aliphatic rings. The smallest absolute Gasteiger partial charge is 0.313 e. The van der Waals surface area contributed by atoms with E-state index >= 15 is 0 Å². The molecule has 0 aliphatic carbocycles. The van der Waals surface area contributed by atoms with Crippen molar-refractivity contribution in [3.05, 3.63) is 54.1 Å². The molecule has 0 heterocycles. The van der Waals surface area contributed by atoms with E-state index < -0.39 is 17.9 Å². The Hall–Kier alpha value is -2.51. The molecule has 3 N–H and O–H groups in total. The summed E-state index contributed by atoms with van der Waals surface area (Å²) in [4.78, 5) is 26.8. The number of nitrogens with zero attached hydrogens (tertiary/aromatic N) is 1. The first-order valence-corrected chi connectivity index (χ1v) is 9.31. The molecule has 2 aromatic rings. The van der Waals surface area contributed by atoms with Crippen LogP contribution in [0.1, 0.15) is 11.7 Å². The van der Waals surface area contributed by atoms with Gasteiger partial charge in [-0.15, -0.1) is 11.8 Å². The van der Waals surface area contributed by atoms with Gasteiger partial charge in [-0.1, -0.05) is 18.2 Å². The number of benzene rings is 2. The highest BCUT2D eigenvalue weighted by Crippen LogP contribution is 2.19. The zero-order valence-electron chi connectivity index (χ0n) is 15.0. The Labute approximate surface area is 157 Å².